The molecule has 0 spiro atoms. The minimum atomic E-state index is -0.533. The van der Waals surface area contributed by atoms with Gasteiger partial charge in [-0.2, -0.15) is 0 Å². The number of nitrogens with one attached hydrogen (secondary N) is 1. The first-order chi connectivity index (χ1) is 14.8. The van der Waals surface area contributed by atoms with Crippen LogP contribution in [0.2, 0.25) is 0 Å². The Morgan fingerprint density at radius 3 is 2.55 bits per heavy atom. The van der Waals surface area contributed by atoms with Gasteiger partial charge in [0.25, 0.3) is 5.91 Å². The van der Waals surface area contributed by atoms with Gasteiger partial charge < -0.3 is 19.4 Å². The Hall–Kier alpha value is -3.35. The van der Waals surface area contributed by atoms with Gasteiger partial charge in [-0.15, -0.1) is 0 Å². The highest BCUT2D eigenvalue weighted by atomic mass is 16.6. The normalized spacial score (nSPS) is 15.1. The van der Waals surface area contributed by atoms with Gasteiger partial charge in [0.1, 0.15) is 11.3 Å². The van der Waals surface area contributed by atoms with E-state index in [-0.39, 0.29) is 11.9 Å². The number of aromatic nitrogens is 1. The first-order valence-corrected chi connectivity index (χ1v) is 10.5. The molecule has 1 aliphatic heterocycles. The molecule has 1 N–H and O–H groups in total. The van der Waals surface area contributed by atoms with Crippen molar-refractivity contribution in [3.8, 4) is 11.5 Å². The zero-order valence-corrected chi connectivity index (χ0v) is 18.1. The van der Waals surface area contributed by atoms with Crippen molar-refractivity contribution < 1.29 is 18.7 Å². The molecule has 1 saturated heterocycles. The smallest absolute Gasteiger partial charge is 0.407 e. The lowest BCUT2D eigenvalue weighted by Gasteiger charge is -2.33. The molecule has 2 aromatic heterocycles. The van der Waals surface area contributed by atoms with Crippen LogP contribution in [0.25, 0.3) is 22.4 Å². The maximum Gasteiger partial charge on any atom is 0.407 e. The number of fused-ring (bicyclic) bond motifs is 1. The molecular formula is C24H27N3O4. The summed E-state index contributed by atoms with van der Waals surface area (Å²) < 4.78 is 10.8. The molecular weight excluding hydrogens is 394 g/mol. The molecule has 0 aliphatic carbocycles. The summed E-state index contributed by atoms with van der Waals surface area (Å²) in [4.78, 5) is 31.9. The molecule has 162 valence electrons. The van der Waals surface area contributed by atoms with Crippen LogP contribution in [0.5, 0.6) is 0 Å². The van der Waals surface area contributed by atoms with Crippen LogP contribution in [-0.2, 0) is 4.74 Å². The van der Waals surface area contributed by atoms with Gasteiger partial charge in [0.2, 0.25) is 0 Å². The van der Waals surface area contributed by atoms with Crippen molar-refractivity contribution in [2.75, 3.05) is 13.1 Å². The second kappa shape index (κ2) is 8.41. The Morgan fingerprint density at radius 2 is 1.87 bits per heavy atom. The molecule has 31 heavy (non-hydrogen) atoms. The Bertz CT molecular complexity index is 1080. The zero-order chi connectivity index (χ0) is 22.0. The molecule has 1 aliphatic rings. The minimum absolute atomic E-state index is 0.00763. The maximum atomic E-state index is 13.4. The lowest BCUT2D eigenvalue weighted by molar-refractivity contribution is 0.0474. The third-order valence-electron chi connectivity index (χ3n) is 5.22. The van der Waals surface area contributed by atoms with E-state index in [0.29, 0.717) is 42.9 Å². The lowest BCUT2D eigenvalue weighted by Crippen LogP contribution is -2.47. The van der Waals surface area contributed by atoms with Crippen LogP contribution in [0, 0.1) is 0 Å². The zero-order valence-electron chi connectivity index (χ0n) is 18.1. The number of carbonyl (C=O) groups is 2. The molecule has 3 aromatic rings. The number of carbonyl (C=O) groups excluding carboxylic acids is 2. The molecule has 2 amide bonds. The van der Waals surface area contributed by atoms with Crippen LogP contribution < -0.4 is 5.32 Å². The highest BCUT2D eigenvalue weighted by molar-refractivity contribution is 6.07. The number of para-hydroxylation sites is 1. The van der Waals surface area contributed by atoms with Gasteiger partial charge in [-0.25, -0.2) is 9.78 Å². The quantitative estimate of drug-likeness (QED) is 0.667. The largest absolute Gasteiger partial charge is 0.463 e. The third-order valence-corrected chi connectivity index (χ3v) is 5.22. The number of hydrogen-bond acceptors (Lipinski definition) is 5. The van der Waals surface area contributed by atoms with Crippen molar-refractivity contribution in [1.29, 1.82) is 0 Å². The fourth-order valence-electron chi connectivity index (χ4n) is 3.77. The number of furan rings is 1. The van der Waals surface area contributed by atoms with Crippen LogP contribution in [0.15, 0.2) is 53.1 Å². The summed E-state index contributed by atoms with van der Waals surface area (Å²) in [5.74, 6) is 0.585. The summed E-state index contributed by atoms with van der Waals surface area (Å²) in [5, 5.41) is 3.73. The molecule has 7 nitrogen and oxygen atoms in total. The molecule has 4 rings (SSSR count). The third kappa shape index (κ3) is 4.87. The molecule has 0 unspecified atom stereocenters. The monoisotopic (exact) mass is 421 g/mol. The van der Waals surface area contributed by atoms with Crippen molar-refractivity contribution >= 4 is 22.9 Å². The molecule has 1 fully saturated rings. The number of likely N-dealkylation sites (tertiary alicyclic amines) is 1. The number of ether oxygens (including phenoxy) is 1. The number of alkyl carbamates (subject to hydrolysis) is 1. The summed E-state index contributed by atoms with van der Waals surface area (Å²) in [6.07, 6.45) is 2.54. The summed E-state index contributed by atoms with van der Waals surface area (Å²) in [7, 11) is 0. The van der Waals surface area contributed by atoms with Gasteiger partial charge in [0, 0.05) is 24.5 Å². The van der Waals surface area contributed by atoms with Gasteiger partial charge >= 0.3 is 6.09 Å². The van der Waals surface area contributed by atoms with E-state index in [1.807, 2.05) is 56.0 Å². The number of rotatable bonds is 3. The topological polar surface area (TPSA) is 84.7 Å². The predicted octanol–water partition coefficient (Wildman–Crippen LogP) is 4.62. The highest BCUT2D eigenvalue weighted by Gasteiger charge is 2.27. The summed E-state index contributed by atoms with van der Waals surface area (Å²) in [5.41, 5.74) is 1.46. The Morgan fingerprint density at radius 1 is 1.13 bits per heavy atom. The Kier molecular flexibility index (Phi) is 5.67. The predicted molar refractivity (Wildman–Crippen MR) is 118 cm³/mol. The van der Waals surface area contributed by atoms with Crippen LogP contribution in [0.1, 0.15) is 44.0 Å². The van der Waals surface area contributed by atoms with Crippen LogP contribution in [0.3, 0.4) is 0 Å². The lowest BCUT2D eigenvalue weighted by atomic mass is 10.0. The molecule has 0 atom stereocenters. The standard InChI is InChI=1S/C24H27N3O4/c1-24(2,3)31-23(29)25-16-10-12-27(13-11-16)22(28)18-15-20(21-9-6-14-30-21)26-19-8-5-4-7-17(18)19/h4-9,14-16H,10-13H2,1-3H3,(H,25,29). The fourth-order valence-corrected chi connectivity index (χ4v) is 3.77. The minimum Gasteiger partial charge on any atom is -0.463 e. The van der Waals surface area contributed by atoms with Crippen LogP contribution >= 0.6 is 0 Å². The number of nitrogens with zero attached hydrogens (tertiary/aromatic N) is 2. The number of piperidine rings is 1. The van der Waals surface area contributed by atoms with E-state index < -0.39 is 11.7 Å². The molecule has 0 radical (unpaired) electrons. The van der Waals surface area contributed by atoms with Crippen molar-refractivity contribution in [1.82, 2.24) is 15.2 Å². The van der Waals surface area contributed by atoms with E-state index in [1.54, 1.807) is 18.4 Å². The summed E-state index contributed by atoms with van der Waals surface area (Å²) in [6, 6.07) is 13.1. The Balaban J connectivity index is 1.50. The SMILES string of the molecule is CC(C)(C)OC(=O)NC1CCN(C(=O)c2cc(-c3ccco3)nc3ccccc23)CC1. The number of amides is 2. The fraction of sp³-hybridized carbons (Fsp3) is 0.375. The van der Waals surface area contributed by atoms with Crippen molar-refractivity contribution in [3.63, 3.8) is 0 Å². The summed E-state index contributed by atoms with van der Waals surface area (Å²) in [6.45, 7) is 6.63. The molecule has 0 bridgehead atoms. The number of hydrogen-bond donors (Lipinski definition) is 1. The van der Waals surface area contributed by atoms with E-state index in [9.17, 15) is 9.59 Å². The van der Waals surface area contributed by atoms with Crippen molar-refractivity contribution in [3.05, 3.63) is 54.3 Å². The van der Waals surface area contributed by atoms with Crippen LogP contribution in [-0.4, -0.2) is 46.6 Å². The van der Waals surface area contributed by atoms with Gasteiger partial charge in [0.05, 0.1) is 17.3 Å². The molecule has 1 aromatic carbocycles. The summed E-state index contributed by atoms with van der Waals surface area (Å²) >= 11 is 0. The van der Waals surface area contributed by atoms with E-state index in [2.05, 4.69) is 10.3 Å². The average Bonchev–Trinajstić information content (AvgIpc) is 3.26. The van der Waals surface area contributed by atoms with E-state index in [0.717, 1.165) is 10.9 Å². The van der Waals surface area contributed by atoms with Gasteiger partial charge in [-0.1, -0.05) is 18.2 Å². The first kappa shape index (κ1) is 20.9. The van der Waals surface area contributed by atoms with Crippen molar-refractivity contribution in [2.45, 2.75) is 45.3 Å². The van der Waals surface area contributed by atoms with Gasteiger partial charge in [-0.05, 0) is 57.9 Å². The molecule has 0 saturated carbocycles. The van der Waals surface area contributed by atoms with E-state index in [1.165, 1.54) is 0 Å². The second-order valence-electron chi connectivity index (χ2n) is 8.76. The van der Waals surface area contributed by atoms with Gasteiger partial charge in [0.15, 0.2) is 5.76 Å². The van der Waals surface area contributed by atoms with E-state index >= 15 is 0 Å². The van der Waals surface area contributed by atoms with Crippen molar-refractivity contribution in [2.24, 2.45) is 0 Å². The molecule has 3 heterocycles. The second-order valence-corrected chi connectivity index (χ2v) is 8.76. The first-order valence-electron chi connectivity index (χ1n) is 10.5. The number of pyridine rings is 1. The van der Waals surface area contributed by atoms with Gasteiger partial charge in [-0.3, -0.25) is 4.79 Å². The van der Waals surface area contributed by atoms with Crippen LogP contribution in [0.4, 0.5) is 4.79 Å². The number of benzene rings is 1. The highest BCUT2D eigenvalue weighted by Crippen LogP contribution is 2.27. The molecule has 7 heteroatoms. The maximum absolute atomic E-state index is 13.4. The average molecular weight is 421 g/mol. The Labute approximate surface area is 181 Å². The van der Waals surface area contributed by atoms with E-state index in [4.69, 9.17) is 9.15 Å².